The van der Waals surface area contributed by atoms with Crippen molar-refractivity contribution in [3.63, 3.8) is 0 Å². The van der Waals surface area contributed by atoms with Crippen LogP contribution < -0.4 is 0 Å². The lowest BCUT2D eigenvalue weighted by molar-refractivity contribution is 0.114. The van der Waals surface area contributed by atoms with Crippen molar-refractivity contribution in [3.8, 4) is 0 Å². The minimum Gasteiger partial charge on any atom is -0.591 e. The van der Waals surface area contributed by atoms with Crippen LogP contribution in [-0.2, 0) is 24.8 Å². The van der Waals surface area contributed by atoms with Crippen LogP contribution in [0.1, 0.15) is 44.9 Å². The number of piperidine rings is 1. The molecule has 1 aliphatic heterocycles. The van der Waals surface area contributed by atoms with Crippen molar-refractivity contribution in [2.24, 2.45) is 16.9 Å². The van der Waals surface area contributed by atoms with E-state index in [4.69, 9.17) is 0 Å². The molecule has 1 fully saturated rings. The predicted molar refractivity (Wildman–Crippen MR) is 92.6 cm³/mol. The first-order valence-corrected chi connectivity index (χ1v) is 9.25. The summed E-state index contributed by atoms with van der Waals surface area (Å²) < 4.78 is 18.7. The van der Waals surface area contributed by atoms with Crippen molar-refractivity contribution >= 4 is 23.2 Å². The largest absolute Gasteiger partial charge is 0.591 e. The molecule has 24 heavy (non-hydrogen) atoms. The van der Waals surface area contributed by atoms with Gasteiger partial charge in [-0.05, 0) is 33.6 Å². The molecule has 1 saturated heterocycles. The number of likely N-dealkylation sites (tertiary alicyclic amines) is 1. The maximum atomic E-state index is 12.6. The quantitative estimate of drug-likeness (QED) is 0.782. The Bertz CT molecular complexity index is 684. The average Bonchev–Trinajstić information content (AvgIpc) is 2.98. The highest BCUT2D eigenvalue weighted by atomic mass is 32.2. The summed E-state index contributed by atoms with van der Waals surface area (Å²) >= 11 is -1.35. The minimum absolute atomic E-state index is 0.224. The van der Waals surface area contributed by atoms with E-state index in [0.29, 0.717) is 25.9 Å². The molecule has 1 aromatic heterocycles. The summed E-state index contributed by atoms with van der Waals surface area (Å²) in [5.41, 5.74) is 2.70. The van der Waals surface area contributed by atoms with E-state index in [0.717, 1.165) is 23.4 Å². The van der Waals surface area contributed by atoms with Gasteiger partial charge in [-0.3, -0.25) is 4.68 Å². The molecule has 0 saturated carbocycles. The standard InChI is InChI=1S/C16H24N4O3S/c1-15(2,3)24(23)18-13-11-10-17-19(4)12(11)9-16(13)5-7-20(8-6-16)14(21)22/h10H,5-9H2,1-4H3,(H,21,22)/b18-13-. The van der Waals surface area contributed by atoms with Crippen molar-refractivity contribution in [1.82, 2.24) is 14.7 Å². The molecule has 1 aromatic rings. The number of hydrogen-bond acceptors (Lipinski definition) is 4. The van der Waals surface area contributed by atoms with Crippen LogP contribution in [0.3, 0.4) is 0 Å². The van der Waals surface area contributed by atoms with Gasteiger partial charge in [0, 0.05) is 43.2 Å². The third-order valence-electron chi connectivity index (χ3n) is 5.01. The van der Waals surface area contributed by atoms with Gasteiger partial charge in [-0.15, -0.1) is 0 Å². The third-order valence-corrected chi connectivity index (χ3v) is 6.41. The Morgan fingerprint density at radius 1 is 1.42 bits per heavy atom. The van der Waals surface area contributed by atoms with Crippen molar-refractivity contribution in [2.45, 2.75) is 44.8 Å². The monoisotopic (exact) mass is 352 g/mol. The van der Waals surface area contributed by atoms with Gasteiger partial charge in [-0.1, -0.05) is 4.40 Å². The van der Waals surface area contributed by atoms with E-state index in [9.17, 15) is 14.5 Å². The zero-order valence-corrected chi connectivity index (χ0v) is 15.4. The van der Waals surface area contributed by atoms with Crippen molar-refractivity contribution in [1.29, 1.82) is 0 Å². The summed E-state index contributed by atoms with van der Waals surface area (Å²) in [6, 6.07) is 0. The normalized spacial score (nSPS) is 22.9. The van der Waals surface area contributed by atoms with Gasteiger partial charge >= 0.3 is 6.09 Å². The van der Waals surface area contributed by atoms with Crippen LogP contribution in [0.2, 0.25) is 0 Å². The van der Waals surface area contributed by atoms with Crippen LogP contribution in [0.25, 0.3) is 0 Å². The maximum absolute atomic E-state index is 12.6. The molecule has 1 unspecified atom stereocenters. The molecule has 1 atom stereocenters. The summed E-state index contributed by atoms with van der Waals surface area (Å²) in [5, 5.41) is 13.5. The highest BCUT2D eigenvalue weighted by Crippen LogP contribution is 2.45. The smallest absolute Gasteiger partial charge is 0.407 e. The Labute approximate surface area is 145 Å². The van der Waals surface area contributed by atoms with Gasteiger partial charge in [0.1, 0.15) is 21.8 Å². The summed E-state index contributed by atoms with van der Waals surface area (Å²) in [7, 11) is 1.91. The Morgan fingerprint density at radius 2 is 2.04 bits per heavy atom. The molecular formula is C16H24N4O3S. The van der Waals surface area contributed by atoms with E-state index < -0.39 is 22.2 Å². The van der Waals surface area contributed by atoms with Crippen LogP contribution in [0.5, 0.6) is 0 Å². The highest BCUT2D eigenvalue weighted by Gasteiger charge is 2.49. The maximum Gasteiger partial charge on any atom is 0.407 e. The molecule has 1 N–H and O–H groups in total. The Hall–Kier alpha value is -1.54. The van der Waals surface area contributed by atoms with Gasteiger partial charge in [-0.2, -0.15) is 5.10 Å². The third kappa shape index (κ3) is 2.82. The van der Waals surface area contributed by atoms with E-state index in [1.54, 1.807) is 6.20 Å². The zero-order valence-electron chi connectivity index (χ0n) is 14.6. The molecule has 1 spiro atoms. The molecule has 8 heteroatoms. The van der Waals surface area contributed by atoms with Gasteiger partial charge in [-0.25, -0.2) is 4.79 Å². The molecule has 7 nitrogen and oxygen atoms in total. The first kappa shape index (κ1) is 17.3. The van der Waals surface area contributed by atoms with Gasteiger partial charge < -0.3 is 14.6 Å². The molecule has 0 radical (unpaired) electrons. The van der Waals surface area contributed by atoms with E-state index in [2.05, 4.69) is 9.50 Å². The van der Waals surface area contributed by atoms with Gasteiger partial charge in [0.15, 0.2) is 0 Å². The lowest BCUT2D eigenvalue weighted by Gasteiger charge is -2.38. The van der Waals surface area contributed by atoms with Crippen molar-refractivity contribution < 1.29 is 14.5 Å². The van der Waals surface area contributed by atoms with Gasteiger partial charge in [0.2, 0.25) is 0 Å². The topological polar surface area (TPSA) is 93.8 Å². The summed E-state index contributed by atoms with van der Waals surface area (Å²) in [6.07, 6.45) is 3.11. The van der Waals surface area contributed by atoms with Crippen LogP contribution in [0.4, 0.5) is 4.79 Å². The highest BCUT2D eigenvalue weighted by molar-refractivity contribution is 7.91. The Kier molecular flexibility index (Phi) is 4.16. The van der Waals surface area contributed by atoms with E-state index in [1.807, 2.05) is 32.5 Å². The fourth-order valence-electron chi connectivity index (χ4n) is 3.47. The van der Waals surface area contributed by atoms with Crippen LogP contribution in [0.15, 0.2) is 10.6 Å². The van der Waals surface area contributed by atoms with E-state index in [1.165, 1.54) is 4.90 Å². The minimum atomic E-state index is -1.35. The molecular weight excluding hydrogens is 328 g/mol. The van der Waals surface area contributed by atoms with E-state index in [-0.39, 0.29) is 5.41 Å². The first-order valence-electron chi connectivity index (χ1n) is 8.14. The average molecular weight is 352 g/mol. The Balaban J connectivity index is 1.98. The number of amides is 1. The lowest BCUT2D eigenvalue weighted by Crippen LogP contribution is -2.46. The number of nitrogens with zero attached hydrogens (tertiary/aromatic N) is 4. The number of carbonyl (C=O) groups is 1. The summed E-state index contributed by atoms with van der Waals surface area (Å²) in [5.74, 6) is 0. The summed E-state index contributed by atoms with van der Waals surface area (Å²) in [4.78, 5) is 12.7. The molecule has 1 aliphatic carbocycles. The SMILES string of the molecule is Cn1ncc2c1CC1(CCN(C(=O)O)CC1)/C2=N\[S+]([O-])C(C)(C)C. The second kappa shape index (κ2) is 5.77. The predicted octanol–water partition coefficient (Wildman–Crippen LogP) is 1.99. The van der Waals surface area contributed by atoms with Crippen LogP contribution >= 0.6 is 0 Å². The van der Waals surface area contributed by atoms with Crippen molar-refractivity contribution in [3.05, 3.63) is 17.5 Å². The number of aryl methyl sites for hydroxylation is 1. The fraction of sp³-hybridized carbons (Fsp3) is 0.688. The van der Waals surface area contributed by atoms with Crippen molar-refractivity contribution in [2.75, 3.05) is 13.1 Å². The van der Waals surface area contributed by atoms with E-state index >= 15 is 0 Å². The number of fused-ring (bicyclic) bond motifs is 1. The lowest BCUT2D eigenvalue weighted by atomic mass is 9.75. The number of rotatable bonds is 1. The second-order valence-corrected chi connectivity index (χ2v) is 9.56. The second-order valence-electron chi connectivity index (χ2n) is 7.66. The number of hydrogen-bond donors (Lipinski definition) is 1. The molecule has 0 bridgehead atoms. The number of carboxylic acid groups (broad SMARTS) is 1. The van der Waals surface area contributed by atoms with Gasteiger partial charge in [0.05, 0.1) is 6.20 Å². The molecule has 132 valence electrons. The van der Waals surface area contributed by atoms with Crippen LogP contribution in [0, 0.1) is 5.41 Å². The molecule has 2 aliphatic rings. The van der Waals surface area contributed by atoms with Crippen LogP contribution in [-0.4, -0.2) is 54.0 Å². The molecule has 3 rings (SSSR count). The molecule has 0 aromatic carbocycles. The molecule has 2 heterocycles. The first-order chi connectivity index (χ1) is 11.1. The van der Waals surface area contributed by atoms with Gasteiger partial charge in [0.25, 0.3) is 0 Å². The fourth-order valence-corrected chi connectivity index (χ4v) is 4.20. The Morgan fingerprint density at radius 3 is 2.58 bits per heavy atom. The molecule has 1 amide bonds. The number of aromatic nitrogens is 2. The summed E-state index contributed by atoms with van der Waals surface area (Å²) in [6.45, 7) is 6.69. The zero-order chi connectivity index (χ0) is 17.7.